The van der Waals surface area contributed by atoms with Gasteiger partial charge in [0, 0.05) is 35.8 Å². The van der Waals surface area contributed by atoms with Crippen LogP contribution in [0.2, 0.25) is 0 Å². The molecule has 9 nitrogen and oxygen atoms in total. The van der Waals surface area contributed by atoms with E-state index in [0.29, 0.717) is 40.8 Å². The molecule has 0 aliphatic rings. The summed E-state index contributed by atoms with van der Waals surface area (Å²) in [5, 5.41) is 5.96. The molecule has 0 spiro atoms. The minimum absolute atomic E-state index is 0.252. The number of ether oxygens (including phenoxy) is 4. The first-order valence-electron chi connectivity index (χ1n) is 10.0. The monoisotopic (exact) mass is 450 g/mol. The number of aromatic nitrogens is 1. The van der Waals surface area contributed by atoms with E-state index in [0.717, 1.165) is 5.56 Å². The molecule has 33 heavy (non-hydrogen) atoms. The van der Waals surface area contributed by atoms with E-state index in [9.17, 15) is 4.79 Å². The van der Waals surface area contributed by atoms with Gasteiger partial charge in [0.1, 0.15) is 5.75 Å². The van der Waals surface area contributed by atoms with Gasteiger partial charge >= 0.3 is 0 Å². The third kappa shape index (κ3) is 6.13. The summed E-state index contributed by atoms with van der Waals surface area (Å²) in [6.07, 6.45) is 3.38. The molecule has 0 fully saturated rings. The molecule has 172 valence electrons. The standard InChI is InChI=1S/C24H26N4O5/c1-30-19-7-5-17(6-8-19)23(29)28-24(26-15-16-9-11-25-12-10-16)27-18-13-20(31-2)22(33-4)21(14-18)32-3/h5-14H,15H2,1-4H3,(H2,26,27,28,29). The number of carbonyl (C=O) groups excluding carboxylic acids is 1. The predicted molar refractivity (Wildman–Crippen MR) is 126 cm³/mol. The molecule has 0 unspecified atom stereocenters. The number of hydrogen-bond acceptors (Lipinski definition) is 7. The molecule has 0 saturated heterocycles. The Kier molecular flexibility index (Phi) is 8.07. The van der Waals surface area contributed by atoms with Gasteiger partial charge < -0.3 is 24.3 Å². The minimum Gasteiger partial charge on any atom is -0.497 e. The van der Waals surface area contributed by atoms with Crippen LogP contribution in [0.5, 0.6) is 23.0 Å². The van der Waals surface area contributed by atoms with Gasteiger partial charge in [-0.3, -0.25) is 15.1 Å². The number of nitrogens with zero attached hydrogens (tertiary/aromatic N) is 2. The number of carbonyl (C=O) groups is 1. The zero-order valence-electron chi connectivity index (χ0n) is 18.9. The van der Waals surface area contributed by atoms with Crippen molar-refractivity contribution in [1.29, 1.82) is 0 Å². The summed E-state index contributed by atoms with van der Waals surface area (Å²) < 4.78 is 21.3. The number of aliphatic imine (C=N–C) groups is 1. The van der Waals surface area contributed by atoms with Crippen LogP contribution in [0.1, 0.15) is 15.9 Å². The maximum absolute atomic E-state index is 12.9. The number of rotatable bonds is 8. The highest BCUT2D eigenvalue weighted by Gasteiger charge is 2.15. The molecule has 0 aliphatic heterocycles. The Morgan fingerprint density at radius 3 is 2.06 bits per heavy atom. The van der Waals surface area contributed by atoms with Crippen molar-refractivity contribution >= 4 is 17.6 Å². The number of methoxy groups -OCH3 is 4. The van der Waals surface area contributed by atoms with Gasteiger partial charge in [0.05, 0.1) is 35.0 Å². The van der Waals surface area contributed by atoms with Crippen molar-refractivity contribution in [2.75, 3.05) is 33.8 Å². The Balaban J connectivity index is 1.89. The van der Waals surface area contributed by atoms with Crippen molar-refractivity contribution in [3.63, 3.8) is 0 Å². The van der Waals surface area contributed by atoms with E-state index >= 15 is 0 Å². The third-order valence-electron chi connectivity index (χ3n) is 4.68. The summed E-state index contributed by atoms with van der Waals surface area (Å²) in [6.45, 7) is 0.332. The van der Waals surface area contributed by atoms with Gasteiger partial charge in [-0.1, -0.05) is 0 Å². The number of anilines is 1. The molecule has 0 bridgehead atoms. The lowest BCUT2D eigenvalue weighted by Gasteiger charge is -2.16. The van der Waals surface area contributed by atoms with Crippen LogP contribution in [-0.4, -0.2) is 45.3 Å². The molecule has 0 radical (unpaired) electrons. The molecule has 3 aromatic rings. The highest BCUT2D eigenvalue weighted by Crippen LogP contribution is 2.39. The molecule has 2 aromatic carbocycles. The number of guanidine groups is 1. The smallest absolute Gasteiger partial charge is 0.257 e. The number of amides is 1. The summed E-state index contributed by atoms with van der Waals surface area (Å²) in [7, 11) is 6.17. The number of benzene rings is 2. The molecule has 1 amide bonds. The number of nitrogens with one attached hydrogen (secondary N) is 2. The maximum atomic E-state index is 12.9. The van der Waals surface area contributed by atoms with Crippen LogP contribution in [0.3, 0.4) is 0 Å². The van der Waals surface area contributed by atoms with E-state index < -0.39 is 0 Å². The van der Waals surface area contributed by atoms with E-state index in [-0.39, 0.29) is 11.9 Å². The molecule has 0 saturated carbocycles. The van der Waals surface area contributed by atoms with Crippen LogP contribution >= 0.6 is 0 Å². The summed E-state index contributed by atoms with van der Waals surface area (Å²) in [5.41, 5.74) is 1.99. The molecule has 0 aliphatic carbocycles. The molecular formula is C24H26N4O5. The van der Waals surface area contributed by atoms with Gasteiger partial charge in [-0.15, -0.1) is 0 Å². The summed E-state index contributed by atoms with van der Waals surface area (Å²) in [6, 6.07) is 13.9. The molecular weight excluding hydrogens is 424 g/mol. The number of hydrogen-bond donors (Lipinski definition) is 2. The van der Waals surface area contributed by atoms with Gasteiger partial charge in [-0.25, -0.2) is 4.99 Å². The quantitative estimate of drug-likeness (QED) is 0.400. The topological polar surface area (TPSA) is 103 Å². The lowest BCUT2D eigenvalue weighted by Crippen LogP contribution is -2.36. The van der Waals surface area contributed by atoms with Crippen LogP contribution < -0.4 is 29.6 Å². The van der Waals surface area contributed by atoms with Crippen molar-refractivity contribution < 1.29 is 23.7 Å². The van der Waals surface area contributed by atoms with Crippen LogP contribution in [0.4, 0.5) is 5.69 Å². The lowest BCUT2D eigenvalue weighted by molar-refractivity contribution is 0.0977. The second-order valence-corrected chi connectivity index (χ2v) is 6.74. The van der Waals surface area contributed by atoms with Gasteiger partial charge in [-0.2, -0.15) is 0 Å². The second kappa shape index (κ2) is 11.4. The third-order valence-corrected chi connectivity index (χ3v) is 4.68. The van der Waals surface area contributed by atoms with E-state index in [4.69, 9.17) is 18.9 Å². The van der Waals surface area contributed by atoms with Crippen LogP contribution in [0, 0.1) is 0 Å². The SMILES string of the molecule is COc1ccc(C(=O)NC(=NCc2ccncc2)Nc2cc(OC)c(OC)c(OC)c2)cc1. The van der Waals surface area contributed by atoms with Crippen molar-refractivity contribution in [2.45, 2.75) is 6.54 Å². The van der Waals surface area contributed by atoms with Crippen LogP contribution in [0.25, 0.3) is 0 Å². The average molecular weight is 450 g/mol. The first kappa shape index (κ1) is 23.4. The van der Waals surface area contributed by atoms with Gasteiger partial charge in [-0.05, 0) is 42.0 Å². The maximum Gasteiger partial charge on any atom is 0.257 e. The van der Waals surface area contributed by atoms with Crippen molar-refractivity contribution in [3.05, 3.63) is 72.1 Å². The van der Waals surface area contributed by atoms with E-state index in [1.54, 1.807) is 55.9 Å². The van der Waals surface area contributed by atoms with Gasteiger partial charge in [0.25, 0.3) is 5.91 Å². The fourth-order valence-electron chi connectivity index (χ4n) is 2.98. The zero-order valence-corrected chi connectivity index (χ0v) is 18.9. The lowest BCUT2D eigenvalue weighted by atomic mass is 10.2. The van der Waals surface area contributed by atoms with Crippen molar-refractivity contribution in [3.8, 4) is 23.0 Å². The molecule has 2 N–H and O–H groups in total. The Morgan fingerprint density at radius 1 is 0.879 bits per heavy atom. The first-order chi connectivity index (χ1) is 16.1. The zero-order chi connectivity index (χ0) is 23.6. The predicted octanol–water partition coefficient (Wildman–Crippen LogP) is 3.51. The van der Waals surface area contributed by atoms with Crippen LogP contribution in [0.15, 0.2) is 65.9 Å². The fraction of sp³-hybridized carbons (Fsp3) is 0.208. The summed E-state index contributed by atoms with van der Waals surface area (Å²) >= 11 is 0. The molecule has 1 heterocycles. The van der Waals surface area contributed by atoms with E-state index in [1.807, 2.05) is 12.1 Å². The highest BCUT2D eigenvalue weighted by molar-refractivity contribution is 6.10. The van der Waals surface area contributed by atoms with Crippen molar-refractivity contribution in [1.82, 2.24) is 10.3 Å². The first-order valence-corrected chi connectivity index (χ1v) is 10.0. The summed E-state index contributed by atoms with van der Waals surface area (Å²) in [4.78, 5) is 21.4. The van der Waals surface area contributed by atoms with Crippen LogP contribution in [-0.2, 0) is 6.54 Å². The van der Waals surface area contributed by atoms with E-state index in [2.05, 4.69) is 20.6 Å². The Hall–Kier alpha value is -4.27. The fourth-order valence-corrected chi connectivity index (χ4v) is 2.98. The second-order valence-electron chi connectivity index (χ2n) is 6.74. The number of pyridine rings is 1. The minimum atomic E-state index is -0.328. The normalized spacial score (nSPS) is 10.8. The van der Waals surface area contributed by atoms with E-state index in [1.165, 1.54) is 21.3 Å². The molecule has 1 aromatic heterocycles. The summed E-state index contributed by atoms with van der Waals surface area (Å²) in [5.74, 6) is 1.98. The molecule has 9 heteroatoms. The molecule has 3 rings (SSSR count). The Morgan fingerprint density at radius 2 is 1.52 bits per heavy atom. The Bertz CT molecular complexity index is 1080. The van der Waals surface area contributed by atoms with Gasteiger partial charge in [0.15, 0.2) is 11.5 Å². The van der Waals surface area contributed by atoms with Gasteiger partial charge in [0.2, 0.25) is 11.7 Å². The largest absolute Gasteiger partial charge is 0.497 e. The highest BCUT2D eigenvalue weighted by atomic mass is 16.5. The van der Waals surface area contributed by atoms with Crippen molar-refractivity contribution in [2.24, 2.45) is 4.99 Å². The average Bonchev–Trinajstić information content (AvgIpc) is 2.87. The molecule has 0 atom stereocenters. The Labute approximate surface area is 192 Å².